The molecule has 0 radical (unpaired) electrons. The average molecular weight is 295 g/mol. The molecule has 0 aliphatic rings. The second-order valence-electron chi connectivity index (χ2n) is 4.50. The molecule has 2 N–H and O–H groups in total. The number of benzene rings is 2. The van der Waals surface area contributed by atoms with Crippen LogP contribution in [0.25, 0.3) is 10.4 Å². The van der Waals surface area contributed by atoms with Crippen LogP contribution >= 0.6 is 11.3 Å². The maximum absolute atomic E-state index is 12.2. The Kier molecular flexibility index (Phi) is 3.71. The second kappa shape index (κ2) is 5.81. The van der Waals surface area contributed by atoms with Gasteiger partial charge in [0.1, 0.15) is 5.75 Å². The highest BCUT2D eigenvalue weighted by atomic mass is 32.1. The molecule has 3 aromatic rings. The van der Waals surface area contributed by atoms with E-state index in [4.69, 9.17) is 0 Å². The van der Waals surface area contributed by atoms with Crippen LogP contribution in [0.4, 0.5) is 5.69 Å². The van der Waals surface area contributed by atoms with Crippen LogP contribution in [-0.2, 0) is 0 Å². The Morgan fingerprint density at radius 3 is 2.38 bits per heavy atom. The zero-order valence-corrected chi connectivity index (χ0v) is 11.9. The minimum atomic E-state index is -0.145. The van der Waals surface area contributed by atoms with Crippen molar-refractivity contribution in [2.75, 3.05) is 5.32 Å². The number of para-hydroxylation sites is 2. The number of carbonyl (C=O) groups is 1. The Bertz CT molecular complexity index is 765. The van der Waals surface area contributed by atoms with Gasteiger partial charge >= 0.3 is 0 Å². The first-order valence-corrected chi connectivity index (χ1v) is 7.30. The van der Waals surface area contributed by atoms with Gasteiger partial charge < -0.3 is 10.4 Å². The van der Waals surface area contributed by atoms with E-state index < -0.39 is 0 Å². The van der Waals surface area contributed by atoms with Crippen LogP contribution in [-0.4, -0.2) is 11.0 Å². The Morgan fingerprint density at radius 2 is 1.62 bits per heavy atom. The van der Waals surface area contributed by atoms with Gasteiger partial charge in [-0.2, -0.15) is 0 Å². The number of phenolic OH excluding ortho intramolecular Hbond substituents is 1. The van der Waals surface area contributed by atoms with E-state index in [1.54, 1.807) is 18.2 Å². The molecular weight excluding hydrogens is 282 g/mol. The zero-order chi connectivity index (χ0) is 14.7. The highest BCUT2D eigenvalue weighted by Gasteiger charge is 2.12. The smallest absolute Gasteiger partial charge is 0.265 e. The normalized spacial score (nSPS) is 10.3. The molecule has 1 amide bonds. The van der Waals surface area contributed by atoms with Crippen molar-refractivity contribution in [3.63, 3.8) is 0 Å². The summed E-state index contributed by atoms with van der Waals surface area (Å²) in [4.78, 5) is 13.7. The van der Waals surface area contributed by atoms with Gasteiger partial charge in [0.15, 0.2) is 0 Å². The third kappa shape index (κ3) is 2.95. The first kappa shape index (κ1) is 13.4. The molecule has 2 aromatic carbocycles. The highest BCUT2D eigenvalue weighted by Crippen LogP contribution is 2.34. The number of nitrogens with one attached hydrogen (secondary N) is 1. The summed E-state index contributed by atoms with van der Waals surface area (Å²) in [5.41, 5.74) is 1.50. The fraction of sp³-hybridized carbons (Fsp3) is 0. The molecule has 0 bridgehead atoms. The van der Waals surface area contributed by atoms with E-state index in [1.807, 2.05) is 48.5 Å². The Balaban J connectivity index is 1.82. The summed E-state index contributed by atoms with van der Waals surface area (Å²) >= 11 is 1.36. The topological polar surface area (TPSA) is 49.3 Å². The molecule has 0 spiro atoms. The largest absolute Gasteiger partial charge is 0.507 e. The van der Waals surface area contributed by atoms with E-state index in [0.29, 0.717) is 4.88 Å². The number of amides is 1. The lowest BCUT2D eigenvalue weighted by Crippen LogP contribution is -2.09. The molecule has 0 aliphatic heterocycles. The van der Waals surface area contributed by atoms with Crippen LogP contribution in [0.3, 0.4) is 0 Å². The summed E-state index contributed by atoms with van der Waals surface area (Å²) in [7, 11) is 0. The van der Waals surface area contributed by atoms with E-state index >= 15 is 0 Å². The Labute approximate surface area is 126 Å². The number of carbonyl (C=O) groups excluding carboxylic acids is 1. The van der Waals surface area contributed by atoms with E-state index in [1.165, 1.54) is 11.3 Å². The van der Waals surface area contributed by atoms with Gasteiger partial charge in [0.25, 0.3) is 5.91 Å². The van der Waals surface area contributed by atoms with Crippen LogP contribution in [0.1, 0.15) is 9.67 Å². The van der Waals surface area contributed by atoms with Gasteiger partial charge in [-0.1, -0.05) is 30.3 Å². The monoisotopic (exact) mass is 295 g/mol. The van der Waals surface area contributed by atoms with Crippen LogP contribution in [0.2, 0.25) is 0 Å². The molecular formula is C17H13NO2S. The standard InChI is InChI=1S/C17H13NO2S/c19-14-9-5-4-8-13(14)15-10-11-16(21-15)17(20)18-12-6-2-1-3-7-12/h1-11,19H,(H,18,20). The third-order valence-corrected chi connectivity index (χ3v) is 4.15. The molecule has 4 heteroatoms. The van der Waals surface area contributed by atoms with Crippen molar-refractivity contribution in [1.82, 2.24) is 0 Å². The number of rotatable bonds is 3. The molecule has 0 saturated heterocycles. The van der Waals surface area contributed by atoms with Crippen LogP contribution in [0.15, 0.2) is 66.7 Å². The number of hydrogen-bond acceptors (Lipinski definition) is 3. The molecule has 0 atom stereocenters. The number of phenols is 1. The van der Waals surface area contributed by atoms with Gasteiger partial charge in [-0.3, -0.25) is 4.79 Å². The fourth-order valence-electron chi connectivity index (χ4n) is 2.00. The van der Waals surface area contributed by atoms with Crippen molar-refractivity contribution in [2.45, 2.75) is 0 Å². The van der Waals surface area contributed by atoms with Crippen molar-refractivity contribution in [1.29, 1.82) is 0 Å². The quantitative estimate of drug-likeness (QED) is 0.753. The molecule has 104 valence electrons. The zero-order valence-electron chi connectivity index (χ0n) is 11.1. The summed E-state index contributed by atoms with van der Waals surface area (Å²) < 4.78 is 0. The van der Waals surface area contributed by atoms with Crippen LogP contribution in [0.5, 0.6) is 5.75 Å². The number of hydrogen-bond donors (Lipinski definition) is 2. The van der Waals surface area contributed by atoms with Crippen molar-refractivity contribution in [2.24, 2.45) is 0 Å². The predicted molar refractivity (Wildman–Crippen MR) is 85.8 cm³/mol. The van der Waals surface area contributed by atoms with Gasteiger partial charge in [-0.15, -0.1) is 11.3 Å². The maximum Gasteiger partial charge on any atom is 0.265 e. The predicted octanol–water partition coefficient (Wildman–Crippen LogP) is 4.37. The molecule has 3 nitrogen and oxygen atoms in total. The van der Waals surface area contributed by atoms with E-state index in [-0.39, 0.29) is 11.7 Å². The maximum atomic E-state index is 12.2. The Hall–Kier alpha value is -2.59. The van der Waals surface area contributed by atoms with Crippen molar-refractivity contribution < 1.29 is 9.90 Å². The molecule has 0 fully saturated rings. The highest BCUT2D eigenvalue weighted by molar-refractivity contribution is 7.17. The SMILES string of the molecule is O=C(Nc1ccccc1)c1ccc(-c2ccccc2O)s1. The van der Waals surface area contributed by atoms with E-state index in [0.717, 1.165) is 16.1 Å². The Morgan fingerprint density at radius 1 is 0.905 bits per heavy atom. The molecule has 21 heavy (non-hydrogen) atoms. The lowest BCUT2D eigenvalue weighted by atomic mass is 10.2. The van der Waals surface area contributed by atoms with E-state index in [2.05, 4.69) is 5.32 Å². The summed E-state index contributed by atoms with van der Waals surface area (Å²) in [6.45, 7) is 0. The average Bonchev–Trinajstić information content (AvgIpc) is 2.98. The molecule has 3 rings (SSSR count). The van der Waals surface area contributed by atoms with E-state index in [9.17, 15) is 9.90 Å². The van der Waals surface area contributed by atoms with Crippen molar-refractivity contribution in [3.05, 3.63) is 71.6 Å². The first-order chi connectivity index (χ1) is 10.2. The number of anilines is 1. The summed E-state index contributed by atoms with van der Waals surface area (Å²) in [5, 5.41) is 12.7. The molecule has 0 unspecified atom stereocenters. The summed E-state index contributed by atoms with van der Waals surface area (Å²) in [6.07, 6.45) is 0. The van der Waals surface area contributed by atoms with Gasteiger partial charge in [-0.05, 0) is 36.4 Å². The third-order valence-electron chi connectivity index (χ3n) is 3.03. The second-order valence-corrected chi connectivity index (χ2v) is 5.58. The van der Waals surface area contributed by atoms with Crippen molar-refractivity contribution in [3.8, 4) is 16.2 Å². The summed E-state index contributed by atoms with van der Waals surface area (Å²) in [6, 6.07) is 20.0. The van der Waals surface area contributed by atoms with Crippen LogP contribution < -0.4 is 5.32 Å². The molecule has 0 aliphatic carbocycles. The molecule has 0 saturated carbocycles. The number of aromatic hydroxyl groups is 1. The van der Waals surface area contributed by atoms with Crippen molar-refractivity contribution >= 4 is 22.9 Å². The van der Waals surface area contributed by atoms with Gasteiger partial charge in [0.05, 0.1) is 4.88 Å². The summed E-state index contributed by atoms with van der Waals surface area (Å²) in [5.74, 6) is 0.0715. The lowest BCUT2D eigenvalue weighted by Gasteiger charge is -2.02. The fourth-order valence-corrected chi connectivity index (χ4v) is 2.94. The van der Waals surface area contributed by atoms with Crippen LogP contribution in [0, 0.1) is 0 Å². The first-order valence-electron chi connectivity index (χ1n) is 6.48. The van der Waals surface area contributed by atoms with Gasteiger partial charge in [-0.25, -0.2) is 0 Å². The lowest BCUT2D eigenvalue weighted by molar-refractivity contribution is 0.103. The minimum absolute atomic E-state index is 0.145. The van der Waals surface area contributed by atoms with Gasteiger partial charge in [0.2, 0.25) is 0 Å². The minimum Gasteiger partial charge on any atom is -0.507 e. The molecule has 1 heterocycles. The number of thiophene rings is 1. The molecule has 1 aromatic heterocycles. The van der Waals surface area contributed by atoms with Gasteiger partial charge in [0, 0.05) is 16.1 Å².